The Kier molecular flexibility index (Phi) is 4.54. The van der Waals surface area contributed by atoms with Crippen LogP contribution in [0.2, 0.25) is 5.02 Å². The minimum Gasteiger partial charge on any atom is -0.490 e. The van der Waals surface area contributed by atoms with Crippen LogP contribution in [0.4, 0.5) is 0 Å². The number of amides is 1. The highest BCUT2D eigenvalue weighted by Gasteiger charge is 2.11. The maximum absolute atomic E-state index is 11.1. The van der Waals surface area contributed by atoms with Gasteiger partial charge in [0, 0.05) is 5.02 Å². The monoisotopic (exact) mass is 245 g/mol. The van der Waals surface area contributed by atoms with E-state index in [4.69, 9.17) is 32.3 Å². The summed E-state index contributed by atoms with van der Waals surface area (Å²) in [5, 5.41) is 18.0. The van der Waals surface area contributed by atoms with Crippen molar-refractivity contribution in [2.75, 3.05) is 13.2 Å². The van der Waals surface area contributed by atoms with Crippen molar-refractivity contribution < 1.29 is 19.7 Å². The van der Waals surface area contributed by atoms with E-state index in [9.17, 15) is 4.79 Å². The second-order valence-electron chi connectivity index (χ2n) is 3.15. The largest absolute Gasteiger partial charge is 0.490 e. The van der Waals surface area contributed by atoms with Crippen LogP contribution in [0.15, 0.2) is 18.2 Å². The maximum Gasteiger partial charge on any atom is 0.252 e. The lowest BCUT2D eigenvalue weighted by atomic mass is 10.2. The molecule has 0 saturated heterocycles. The maximum atomic E-state index is 11.1. The van der Waals surface area contributed by atoms with Crippen molar-refractivity contribution in [1.29, 1.82) is 0 Å². The Balaban J connectivity index is 2.82. The van der Waals surface area contributed by atoms with E-state index in [1.54, 1.807) is 0 Å². The molecule has 1 aromatic carbocycles. The number of carbonyl (C=O) groups is 1. The molecule has 0 heterocycles. The molecule has 16 heavy (non-hydrogen) atoms. The number of aliphatic hydroxyl groups excluding tert-OH is 2. The molecule has 4 N–H and O–H groups in total. The van der Waals surface area contributed by atoms with Crippen LogP contribution in [0.5, 0.6) is 5.75 Å². The summed E-state index contributed by atoms with van der Waals surface area (Å²) in [4.78, 5) is 11.1. The first-order valence-electron chi connectivity index (χ1n) is 4.55. The highest BCUT2D eigenvalue weighted by atomic mass is 35.5. The molecular formula is C10H12ClNO4. The van der Waals surface area contributed by atoms with Crippen LogP contribution in [0.25, 0.3) is 0 Å². The number of primary amides is 1. The molecule has 5 nitrogen and oxygen atoms in total. The number of hydrogen-bond acceptors (Lipinski definition) is 4. The minimum atomic E-state index is -1.00. The van der Waals surface area contributed by atoms with Gasteiger partial charge < -0.3 is 20.7 Å². The lowest BCUT2D eigenvalue weighted by molar-refractivity contribution is 0.0531. The molecule has 0 aliphatic carbocycles. The van der Waals surface area contributed by atoms with Gasteiger partial charge in [0.15, 0.2) is 0 Å². The van der Waals surface area contributed by atoms with Crippen LogP contribution in [0.3, 0.4) is 0 Å². The third-order valence-electron chi connectivity index (χ3n) is 1.85. The number of benzene rings is 1. The second-order valence-corrected chi connectivity index (χ2v) is 3.59. The summed E-state index contributed by atoms with van der Waals surface area (Å²) >= 11 is 5.70. The van der Waals surface area contributed by atoms with Gasteiger partial charge in [-0.1, -0.05) is 11.6 Å². The van der Waals surface area contributed by atoms with Crippen molar-refractivity contribution >= 4 is 17.5 Å². The van der Waals surface area contributed by atoms with Gasteiger partial charge >= 0.3 is 0 Å². The van der Waals surface area contributed by atoms with Gasteiger partial charge in [-0.3, -0.25) is 4.79 Å². The molecular weight excluding hydrogens is 234 g/mol. The number of hydrogen-bond donors (Lipinski definition) is 3. The van der Waals surface area contributed by atoms with Gasteiger partial charge in [-0.2, -0.15) is 0 Å². The van der Waals surface area contributed by atoms with Crippen molar-refractivity contribution in [3.63, 3.8) is 0 Å². The predicted molar refractivity (Wildman–Crippen MR) is 58.6 cm³/mol. The standard InChI is InChI=1S/C10H12ClNO4/c11-6-1-2-9(8(3-6)10(12)15)16-5-7(14)4-13/h1-3,7,13-14H,4-5H2,(H2,12,15). The van der Waals surface area contributed by atoms with E-state index in [1.807, 2.05) is 0 Å². The number of rotatable bonds is 5. The Morgan fingerprint density at radius 2 is 2.25 bits per heavy atom. The third-order valence-corrected chi connectivity index (χ3v) is 2.08. The molecule has 1 atom stereocenters. The van der Waals surface area contributed by atoms with E-state index in [-0.39, 0.29) is 17.9 Å². The summed E-state index contributed by atoms with van der Waals surface area (Å²) in [6.07, 6.45) is -1.00. The highest BCUT2D eigenvalue weighted by molar-refractivity contribution is 6.31. The minimum absolute atomic E-state index is 0.127. The van der Waals surface area contributed by atoms with E-state index in [1.165, 1.54) is 18.2 Å². The van der Waals surface area contributed by atoms with Crippen LogP contribution >= 0.6 is 11.6 Å². The smallest absolute Gasteiger partial charge is 0.252 e. The molecule has 1 rings (SSSR count). The van der Waals surface area contributed by atoms with E-state index < -0.39 is 18.6 Å². The molecule has 0 spiro atoms. The number of aliphatic hydroxyl groups is 2. The summed E-state index contributed by atoms with van der Waals surface area (Å²) in [5.74, 6) is -0.444. The SMILES string of the molecule is NC(=O)c1cc(Cl)ccc1OCC(O)CO. The molecule has 0 aliphatic rings. The average molecular weight is 246 g/mol. The van der Waals surface area contributed by atoms with E-state index in [0.717, 1.165) is 0 Å². The summed E-state index contributed by atoms with van der Waals surface area (Å²) in [5.41, 5.74) is 5.27. The van der Waals surface area contributed by atoms with Crippen LogP contribution in [0, 0.1) is 0 Å². The van der Waals surface area contributed by atoms with E-state index >= 15 is 0 Å². The Labute approximate surface area is 97.4 Å². The molecule has 1 aromatic rings. The molecule has 1 amide bonds. The second kappa shape index (κ2) is 5.69. The van der Waals surface area contributed by atoms with Gasteiger partial charge in [0.25, 0.3) is 5.91 Å². The predicted octanol–water partition coefficient (Wildman–Crippen LogP) is 0.171. The van der Waals surface area contributed by atoms with Crippen molar-refractivity contribution in [2.45, 2.75) is 6.10 Å². The number of nitrogens with two attached hydrogens (primary N) is 1. The van der Waals surface area contributed by atoms with E-state index in [2.05, 4.69) is 0 Å². The molecule has 1 unspecified atom stereocenters. The van der Waals surface area contributed by atoms with Crippen LogP contribution in [0.1, 0.15) is 10.4 Å². The number of ether oxygens (including phenoxy) is 1. The molecule has 0 bridgehead atoms. The zero-order valence-electron chi connectivity index (χ0n) is 8.39. The first kappa shape index (κ1) is 12.8. The summed E-state index contributed by atoms with van der Waals surface area (Å²) < 4.78 is 5.14. The molecule has 6 heteroatoms. The van der Waals surface area contributed by atoms with Gasteiger partial charge in [0.2, 0.25) is 0 Å². The zero-order chi connectivity index (χ0) is 12.1. The van der Waals surface area contributed by atoms with Gasteiger partial charge in [0.1, 0.15) is 18.5 Å². The zero-order valence-corrected chi connectivity index (χ0v) is 9.15. The summed E-state index contributed by atoms with van der Waals surface area (Å²) in [6, 6.07) is 4.39. The van der Waals surface area contributed by atoms with Crippen LogP contribution in [-0.2, 0) is 0 Å². The third kappa shape index (κ3) is 3.37. The molecule has 0 aliphatic heterocycles. The Bertz CT molecular complexity index is 383. The lowest BCUT2D eigenvalue weighted by Crippen LogP contribution is -2.22. The quantitative estimate of drug-likeness (QED) is 0.690. The molecule has 88 valence electrons. The fraction of sp³-hybridized carbons (Fsp3) is 0.300. The van der Waals surface area contributed by atoms with E-state index in [0.29, 0.717) is 5.02 Å². The van der Waals surface area contributed by atoms with Gasteiger partial charge in [-0.05, 0) is 18.2 Å². The molecule has 0 fully saturated rings. The fourth-order valence-corrected chi connectivity index (χ4v) is 1.23. The Morgan fingerprint density at radius 1 is 1.56 bits per heavy atom. The molecule has 0 saturated carbocycles. The van der Waals surface area contributed by atoms with Crippen molar-refractivity contribution in [3.05, 3.63) is 28.8 Å². The lowest BCUT2D eigenvalue weighted by Gasteiger charge is -2.12. The van der Waals surface area contributed by atoms with Crippen molar-refractivity contribution in [3.8, 4) is 5.75 Å². The van der Waals surface area contributed by atoms with Crippen LogP contribution < -0.4 is 10.5 Å². The molecule has 0 aromatic heterocycles. The summed E-state index contributed by atoms with van der Waals surface area (Å²) in [7, 11) is 0. The number of halogens is 1. The number of carbonyl (C=O) groups excluding carboxylic acids is 1. The first-order valence-corrected chi connectivity index (χ1v) is 4.93. The Morgan fingerprint density at radius 3 is 2.81 bits per heavy atom. The normalized spacial score (nSPS) is 12.2. The van der Waals surface area contributed by atoms with Crippen molar-refractivity contribution in [2.24, 2.45) is 5.73 Å². The first-order chi connectivity index (χ1) is 7.54. The van der Waals surface area contributed by atoms with Gasteiger partial charge in [-0.15, -0.1) is 0 Å². The summed E-state index contributed by atoms with van der Waals surface area (Å²) in [6.45, 7) is -0.544. The Hall–Kier alpha value is -1.30. The fourth-order valence-electron chi connectivity index (χ4n) is 1.06. The van der Waals surface area contributed by atoms with Gasteiger partial charge in [0.05, 0.1) is 12.2 Å². The van der Waals surface area contributed by atoms with Crippen LogP contribution in [-0.4, -0.2) is 35.4 Å². The average Bonchev–Trinajstić information content (AvgIpc) is 2.26. The molecule has 0 radical (unpaired) electrons. The van der Waals surface area contributed by atoms with Gasteiger partial charge in [-0.25, -0.2) is 0 Å². The van der Waals surface area contributed by atoms with Crippen molar-refractivity contribution in [1.82, 2.24) is 0 Å². The highest BCUT2D eigenvalue weighted by Crippen LogP contribution is 2.22. The topological polar surface area (TPSA) is 92.8 Å².